The smallest absolute Gasteiger partial charge is 0.185 e. The lowest BCUT2D eigenvalue weighted by Gasteiger charge is -2.33. The second kappa shape index (κ2) is 8.05. The zero-order valence-corrected chi connectivity index (χ0v) is 15.2. The molecule has 1 N–H and O–H groups in total. The molecule has 0 amide bonds. The summed E-state index contributed by atoms with van der Waals surface area (Å²) in [5.74, 6) is -0.103. The van der Waals surface area contributed by atoms with Gasteiger partial charge in [-0.2, -0.15) is 0 Å². The first-order chi connectivity index (χ1) is 11.6. The van der Waals surface area contributed by atoms with Crippen LogP contribution in [0.3, 0.4) is 0 Å². The standard InChI is InChI=1S/C18H25FN4S/c1-22(2)18-21-11-16(24-18)10-20-15-7-5-9-23(13-15)12-14-6-3-4-8-17(14)19/h3-4,6,8,11,15,20H,5,7,9-10,12-13H2,1-2H3. The molecule has 130 valence electrons. The fourth-order valence-corrected chi connectivity index (χ4v) is 3.85. The van der Waals surface area contributed by atoms with Crippen molar-refractivity contribution in [2.75, 3.05) is 32.1 Å². The molecule has 0 bridgehead atoms. The Kier molecular flexibility index (Phi) is 5.81. The minimum atomic E-state index is -0.103. The third-order valence-corrected chi connectivity index (χ3v) is 5.51. The van der Waals surface area contributed by atoms with Crippen molar-refractivity contribution in [3.63, 3.8) is 0 Å². The van der Waals surface area contributed by atoms with Gasteiger partial charge in [0.15, 0.2) is 5.13 Å². The van der Waals surface area contributed by atoms with E-state index in [0.29, 0.717) is 12.6 Å². The summed E-state index contributed by atoms with van der Waals surface area (Å²) in [4.78, 5) is 10.0. The van der Waals surface area contributed by atoms with Gasteiger partial charge in [0.25, 0.3) is 0 Å². The number of benzene rings is 1. The number of nitrogens with zero attached hydrogens (tertiary/aromatic N) is 3. The van der Waals surface area contributed by atoms with Gasteiger partial charge in [0.05, 0.1) is 0 Å². The maximum absolute atomic E-state index is 13.8. The van der Waals surface area contributed by atoms with Gasteiger partial charge in [0, 0.05) is 56.4 Å². The first kappa shape index (κ1) is 17.3. The van der Waals surface area contributed by atoms with Crippen molar-refractivity contribution in [2.24, 2.45) is 0 Å². The minimum Gasteiger partial charge on any atom is -0.354 e. The Morgan fingerprint density at radius 2 is 2.21 bits per heavy atom. The molecule has 1 aliphatic heterocycles. The molecule has 2 heterocycles. The topological polar surface area (TPSA) is 31.4 Å². The SMILES string of the molecule is CN(C)c1ncc(CNC2CCCN(Cc3ccccc3F)C2)s1. The summed E-state index contributed by atoms with van der Waals surface area (Å²) in [5, 5.41) is 4.68. The molecule has 24 heavy (non-hydrogen) atoms. The molecule has 4 nitrogen and oxygen atoms in total. The zero-order chi connectivity index (χ0) is 16.9. The van der Waals surface area contributed by atoms with Crippen LogP contribution in [0, 0.1) is 5.82 Å². The predicted octanol–water partition coefficient (Wildman–Crippen LogP) is 3.10. The van der Waals surface area contributed by atoms with Crippen LogP contribution < -0.4 is 10.2 Å². The Morgan fingerprint density at radius 1 is 1.38 bits per heavy atom. The van der Waals surface area contributed by atoms with Crippen LogP contribution in [-0.4, -0.2) is 43.1 Å². The first-order valence-corrected chi connectivity index (χ1v) is 9.24. The summed E-state index contributed by atoms with van der Waals surface area (Å²) in [6, 6.07) is 7.53. The van der Waals surface area contributed by atoms with Gasteiger partial charge < -0.3 is 10.2 Å². The third kappa shape index (κ3) is 4.53. The molecule has 0 spiro atoms. The van der Waals surface area contributed by atoms with Crippen LogP contribution in [0.5, 0.6) is 0 Å². The molecule has 1 saturated heterocycles. The fourth-order valence-electron chi connectivity index (χ4n) is 3.06. The zero-order valence-electron chi connectivity index (χ0n) is 14.3. The number of hydrogen-bond donors (Lipinski definition) is 1. The fraction of sp³-hybridized carbons (Fsp3) is 0.500. The molecular weight excluding hydrogens is 323 g/mol. The van der Waals surface area contributed by atoms with Gasteiger partial charge in [-0.3, -0.25) is 4.90 Å². The number of likely N-dealkylation sites (tertiary alicyclic amines) is 1. The number of rotatable bonds is 6. The molecule has 1 unspecified atom stereocenters. The van der Waals surface area contributed by atoms with Crippen LogP contribution >= 0.6 is 11.3 Å². The number of piperidine rings is 1. The highest BCUT2D eigenvalue weighted by molar-refractivity contribution is 7.15. The molecule has 2 aromatic rings. The van der Waals surface area contributed by atoms with Crippen LogP contribution in [0.1, 0.15) is 23.3 Å². The molecule has 1 aliphatic rings. The summed E-state index contributed by atoms with van der Waals surface area (Å²) < 4.78 is 13.8. The van der Waals surface area contributed by atoms with Crippen molar-refractivity contribution in [1.29, 1.82) is 0 Å². The lowest BCUT2D eigenvalue weighted by molar-refractivity contribution is 0.181. The van der Waals surface area contributed by atoms with Crippen molar-refractivity contribution in [2.45, 2.75) is 32.0 Å². The highest BCUT2D eigenvalue weighted by atomic mass is 32.1. The number of aromatic nitrogens is 1. The van der Waals surface area contributed by atoms with E-state index in [1.807, 2.05) is 37.3 Å². The average molecular weight is 348 g/mol. The van der Waals surface area contributed by atoms with Gasteiger partial charge >= 0.3 is 0 Å². The molecule has 0 radical (unpaired) electrons. The largest absolute Gasteiger partial charge is 0.354 e. The van der Waals surface area contributed by atoms with Crippen molar-refractivity contribution < 1.29 is 4.39 Å². The van der Waals surface area contributed by atoms with E-state index < -0.39 is 0 Å². The van der Waals surface area contributed by atoms with E-state index in [4.69, 9.17) is 0 Å². The number of thiazole rings is 1. The molecule has 1 atom stereocenters. The van der Waals surface area contributed by atoms with Crippen LogP contribution in [-0.2, 0) is 13.1 Å². The molecule has 1 fully saturated rings. The summed E-state index contributed by atoms with van der Waals surface area (Å²) in [6.07, 6.45) is 4.28. The molecular formula is C18H25FN4S. The number of anilines is 1. The van der Waals surface area contributed by atoms with Crippen LogP contribution in [0.2, 0.25) is 0 Å². The van der Waals surface area contributed by atoms with Crippen LogP contribution in [0.15, 0.2) is 30.5 Å². The lowest BCUT2D eigenvalue weighted by Crippen LogP contribution is -2.45. The summed E-state index contributed by atoms with van der Waals surface area (Å²) in [6.45, 7) is 3.55. The second-order valence-corrected chi connectivity index (χ2v) is 7.64. The molecule has 1 aromatic carbocycles. The van der Waals surface area contributed by atoms with Gasteiger partial charge in [0.2, 0.25) is 0 Å². The Bertz CT molecular complexity index is 658. The monoisotopic (exact) mass is 348 g/mol. The van der Waals surface area contributed by atoms with E-state index in [0.717, 1.165) is 36.8 Å². The Morgan fingerprint density at radius 3 is 2.96 bits per heavy atom. The third-order valence-electron chi connectivity index (χ3n) is 4.35. The highest BCUT2D eigenvalue weighted by Crippen LogP contribution is 2.21. The molecule has 3 rings (SSSR count). The van der Waals surface area contributed by atoms with Crippen LogP contribution in [0.4, 0.5) is 9.52 Å². The lowest BCUT2D eigenvalue weighted by atomic mass is 10.0. The van der Waals surface area contributed by atoms with Gasteiger partial charge in [-0.15, -0.1) is 11.3 Å². The predicted molar refractivity (Wildman–Crippen MR) is 98.0 cm³/mol. The number of halogens is 1. The van der Waals surface area contributed by atoms with Gasteiger partial charge in [-0.05, 0) is 25.5 Å². The van der Waals surface area contributed by atoms with Crippen LogP contribution in [0.25, 0.3) is 0 Å². The Labute approximate surface area is 147 Å². The quantitative estimate of drug-likeness (QED) is 0.869. The summed E-state index contributed by atoms with van der Waals surface area (Å²) in [7, 11) is 4.02. The van der Waals surface area contributed by atoms with E-state index >= 15 is 0 Å². The van der Waals surface area contributed by atoms with Crippen molar-refractivity contribution in [3.05, 3.63) is 46.7 Å². The Balaban J connectivity index is 1.51. The molecule has 0 saturated carbocycles. The summed E-state index contributed by atoms with van der Waals surface area (Å²) >= 11 is 1.72. The molecule has 6 heteroatoms. The van der Waals surface area contributed by atoms with Gasteiger partial charge in [-0.25, -0.2) is 9.37 Å². The Hall–Kier alpha value is -1.50. The van der Waals surface area contributed by atoms with Gasteiger partial charge in [0.1, 0.15) is 5.82 Å². The first-order valence-electron chi connectivity index (χ1n) is 8.43. The normalized spacial score (nSPS) is 18.7. The van der Waals surface area contributed by atoms with E-state index in [-0.39, 0.29) is 5.82 Å². The van der Waals surface area contributed by atoms with E-state index in [1.54, 1.807) is 23.5 Å². The van der Waals surface area contributed by atoms with Crippen molar-refractivity contribution in [1.82, 2.24) is 15.2 Å². The van der Waals surface area contributed by atoms with Crippen molar-refractivity contribution in [3.8, 4) is 0 Å². The van der Waals surface area contributed by atoms with E-state index in [2.05, 4.69) is 15.2 Å². The van der Waals surface area contributed by atoms with Gasteiger partial charge in [-0.1, -0.05) is 18.2 Å². The van der Waals surface area contributed by atoms with E-state index in [1.165, 1.54) is 11.3 Å². The number of nitrogens with one attached hydrogen (secondary N) is 1. The maximum Gasteiger partial charge on any atom is 0.185 e. The maximum atomic E-state index is 13.8. The summed E-state index contributed by atoms with van der Waals surface area (Å²) in [5.41, 5.74) is 0.788. The van der Waals surface area contributed by atoms with E-state index in [9.17, 15) is 4.39 Å². The number of hydrogen-bond acceptors (Lipinski definition) is 5. The molecule has 0 aliphatic carbocycles. The highest BCUT2D eigenvalue weighted by Gasteiger charge is 2.20. The average Bonchev–Trinajstić information content (AvgIpc) is 3.05. The second-order valence-electron chi connectivity index (χ2n) is 6.55. The molecule has 1 aromatic heterocycles. The van der Waals surface area contributed by atoms with Crippen molar-refractivity contribution >= 4 is 16.5 Å². The minimum absolute atomic E-state index is 0.103.